The first-order valence-electron chi connectivity index (χ1n) is 5.08. The molecule has 0 spiro atoms. The number of aryl methyl sites for hydroxylation is 1. The molecule has 0 radical (unpaired) electrons. The predicted octanol–water partition coefficient (Wildman–Crippen LogP) is 0.537. The number of aromatic nitrogens is 2. The van der Waals surface area contributed by atoms with E-state index >= 15 is 0 Å². The smallest absolute Gasteiger partial charge is 0.211 e. The molecule has 1 aliphatic rings. The molecule has 1 aromatic rings. The molecule has 2 heterocycles. The van der Waals surface area contributed by atoms with Gasteiger partial charge in [-0.15, -0.1) is 21.8 Å². The molecule has 0 aromatic carbocycles. The molecular weight excluding hydrogens is 316 g/mol. The number of hydrogen-bond donors (Lipinski definition) is 2. The van der Waals surface area contributed by atoms with E-state index in [1.165, 1.54) is 11.3 Å². The minimum Gasteiger partial charge on any atom is -0.357 e. The molecule has 2 N–H and O–H groups in total. The number of halogens is 1. The van der Waals surface area contributed by atoms with Crippen LogP contribution in [0.4, 0.5) is 5.13 Å². The SMILES string of the molecule is Cc1nnc(NC(=S)N[C@H]2CS(=O)(=O)C[C@@H]2Cl)s1. The number of rotatable bonds is 2. The summed E-state index contributed by atoms with van der Waals surface area (Å²) in [7, 11) is -3.07. The minimum absolute atomic E-state index is 0.00185. The molecule has 1 fully saturated rings. The molecule has 0 amide bonds. The van der Waals surface area contributed by atoms with Crippen LogP contribution < -0.4 is 10.6 Å². The Kier molecular flexibility index (Phi) is 4.05. The zero-order valence-corrected chi connectivity index (χ0v) is 12.6. The quantitative estimate of drug-likeness (QED) is 0.606. The van der Waals surface area contributed by atoms with Gasteiger partial charge in [-0.05, 0) is 19.1 Å². The maximum absolute atomic E-state index is 11.4. The van der Waals surface area contributed by atoms with Gasteiger partial charge in [0.2, 0.25) is 5.13 Å². The van der Waals surface area contributed by atoms with Crippen molar-refractivity contribution in [3.05, 3.63) is 5.01 Å². The maximum Gasteiger partial charge on any atom is 0.211 e. The Balaban J connectivity index is 1.92. The van der Waals surface area contributed by atoms with Gasteiger partial charge in [0.15, 0.2) is 14.9 Å². The van der Waals surface area contributed by atoms with Crippen LogP contribution in [-0.2, 0) is 9.84 Å². The van der Waals surface area contributed by atoms with Gasteiger partial charge in [-0.25, -0.2) is 8.42 Å². The van der Waals surface area contributed by atoms with E-state index in [1.54, 1.807) is 0 Å². The second-order valence-corrected chi connectivity index (χ2v) is 8.23. The van der Waals surface area contributed by atoms with E-state index in [4.69, 9.17) is 23.8 Å². The molecule has 10 heteroatoms. The molecule has 0 bridgehead atoms. The summed E-state index contributed by atoms with van der Waals surface area (Å²) in [6, 6.07) is -0.370. The topological polar surface area (TPSA) is 84.0 Å². The summed E-state index contributed by atoms with van der Waals surface area (Å²) in [5.74, 6) is -0.0229. The van der Waals surface area contributed by atoms with Crippen molar-refractivity contribution in [2.24, 2.45) is 0 Å². The van der Waals surface area contributed by atoms with E-state index < -0.39 is 15.2 Å². The van der Waals surface area contributed by atoms with Crippen LogP contribution in [0.5, 0.6) is 0 Å². The second-order valence-electron chi connectivity index (χ2n) is 3.92. The first kappa shape index (κ1) is 13.9. The van der Waals surface area contributed by atoms with E-state index in [-0.39, 0.29) is 17.5 Å². The number of nitrogens with zero attached hydrogens (tertiary/aromatic N) is 2. The fourth-order valence-electron chi connectivity index (χ4n) is 1.59. The molecule has 18 heavy (non-hydrogen) atoms. The van der Waals surface area contributed by atoms with Gasteiger partial charge in [-0.2, -0.15) is 0 Å². The number of sulfone groups is 1. The Labute approximate surface area is 119 Å². The van der Waals surface area contributed by atoms with Gasteiger partial charge < -0.3 is 10.6 Å². The molecule has 1 aromatic heterocycles. The zero-order chi connectivity index (χ0) is 13.3. The molecule has 6 nitrogen and oxygen atoms in total. The largest absolute Gasteiger partial charge is 0.357 e. The first-order valence-corrected chi connectivity index (χ1v) is 8.56. The van der Waals surface area contributed by atoms with Crippen LogP contribution in [0.15, 0.2) is 0 Å². The summed E-state index contributed by atoms with van der Waals surface area (Å²) >= 11 is 12.4. The van der Waals surface area contributed by atoms with Crippen molar-refractivity contribution in [3.8, 4) is 0 Å². The molecule has 100 valence electrons. The van der Waals surface area contributed by atoms with Crippen LogP contribution >= 0.6 is 35.2 Å². The van der Waals surface area contributed by atoms with E-state index in [1.807, 2.05) is 6.92 Å². The number of nitrogens with one attached hydrogen (secondary N) is 2. The number of thiocarbonyl (C=S) groups is 1. The van der Waals surface area contributed by atoms with Crippen LogP contribution in [0.1, 0.15) is 5.01 Å². The second kappa shape index (κ2) is 5.24. The van der Waals surface area contributed by atoms with Crippen molar-refractivity contribution in [2.75, 3.05) is 16.8 Å². The van der Waals surface area contributed by atoms with Crippen LogP contribution in [0.2, 0.25) is 0 Å². The van der Waals surface area contributed by atoms with Crippen molar-refractivity contribution in [2.45, 2.75) is 18.3 Å². The number of alkyl halides is 1. The summed E-state index contributed by atoms with van der Waals surface area (Å²) in [4.78, 5) is 0. The highest BCUT2D eigenvalue weighted by molar-refractivity contribution is 7.91. The van der Waals surface area contributed by atoms with Crippen LogP contribution in [-0.4, -0.2) is 46.7 Å². The Bertz CT molecular complexity index is 558. The van der Waals surface area contributed by atoms with Gasteiger partial charge in [-0.1, -0.05) is 11.3 Å². The van der Waals surface area contributed by atoms with Gasteiger partial charge in [0.25, 0.3) is 0 Å². The molecule has 2 atom stereocenters. The van der Waals surface area contributed by atoms with Gasteiger partial charge in [0, 0.05) is 0 Å². The molecule has 1 saturated heterocycles. The van der Waals surface area contributed by atoms with Crippen molar-refractivity contribution in [1.82, 2.24) is 15.5 Å². The molecule has 0 unspecified atom stereocenters. The highest BCUT2D eigenvalue weighted by atomic mass is 35.5. The minimum atomic E-state index is -3.07. The predicted molar refractivity (Wildman–Crippen MR) is 76.1 cm³/mol. The first-order chi connectivity index (χ1) is 8.35. The van der Waals surface area contributed by atoms with E-state index in [0.29, 0.717) is 10.2 Å². The van der Waals surface area contributed by atoms with Gasteiger partial charge in [0.1, 0.15) is 5.01 Å². The highest BCUT2D eigenvalue weighted by Gasteiger charge is 2.36. The van der Waals surface area contributed by atoms with Crippen molar-refractivity contribution < 1.29 is 8.42 Å². The zero-order valence-electron chi connectivity index (χ0n) is 9.38. The average Bonchev–Trinajstić information content (AvgIpc) is 2.71. The lowest BCUT2D eigenvalue weighted by atomic mass is 10.3. The summed E-state index contributed by atoms with van der Waals surface area (Å²) in [5, 5.41) is 14.7. The van der Waals surface area contributed by atoms with Gasteiger partial charge in [-0.3, -0.25) is 0 Å². The van der Waals surface area contributed by atoms with Gasteiger partial charge in [0.05, 0.1) is 22.9 Å². The van der Waals surface area contributed by atoms with E-state index in [2.05, 4.69) is 20.8 Å². The third-order valence-electron chi connectivity index (χ3n) is 2.35. The lowest BCUT2D eigenvalue weighted by molar-refractivity contribution is 0.600. The highest BCUT2D eigenvalue weighted by Crippen LogP contribution is 2.18. The Morgan fingerprint density at radius 1 is 1.50 bits per heavy atom. The molecule has 0 saturated carbocycles. The summed E-state index contributed by atoms with van der Waals surface area (Å²) in [5.41, 5.74) is 0. The van der Waals surface area contributed by atoms with Crippen molar-refractivity contribution in [1.29, 1.82) is 0 Å². The normalized spacial score (nSPS) is 25.9. The van der Waals surface area contributed by atoms with E-state index in [9.17, 15) is 8.42 Å². The van der Waals surface area contributed by atoms with Crippen molar-refractivity contribution in [3.63, 3.8) is 0 Å². The van der Waals surface area contributed by atoms with E-state index in [0.717, 1.165) is 5.01 Å². The molecular formula is C8H11ClN4O2S3. The number of anilines is 1. The summed E-state index contributed by atoms with van der Waals surface area (Å²) in [6.07, 6.45) is 0. The van der Waals surface area contributed by atoms with Crippen molar-refractivity contribution >= 4 is 55.2 Å². The van der Waals surface area contributed by atoms with Crippen LogP contribution in [0.3, 0.4) is 0 Å². The van der Waals surface area contributed by atoms with Crippen LogP contribution in [0.25, 0.3) is 0 Å². The fourth-order valence-corrected chi connectivity index (χ4v) is 5.04. The lowest BCUT2D eigenvalue weighted by Gasteiger charge is -2.16. The number of hydrogen-bond acceptors (Lipinski definition) is 6. The summed E-state index contributed by atoms with van der Waals surface area (Å²) in [6.45, 7) is 1.83. The Hall–Kier alpha value is -0.510. The summed E-state index contributed by atoms with van der Waals surface area (Å²) < 4.78 is 22.8. The van der Waals surface area contributed by atoms with Gasteiger partial charge >= 0.3 is 0 Å². The molecule has 1 aliphatic heterocycles. The third kappa shape index (κ3) is 3.50. The average molecular weight is 327 g/mol. The monoisotopic (exact) mass is 326 g/mol. The molecule has 2 rings (SSSR count). The Morgan fingerprint density at radius 2 is 2.22 bits per heavy atom. The third-order valence-corrected chi connectivity index (χ3v) is 5.70. The van der Waals surface area contributed by atoms with Crippen LogP contribution in [0, 0.1) is 6.92 Å². The Morgan fingerprint density at radius 3 is 2.72 bits per heavy atom. The fraction of sp³-hybridized carbons (Fsp3) is 0.625. The standard InChI is InChI=1S/C8H11ClN4O2S3/c1-4-12-13-8(17-4)11-7(16)10-6-3-18(14,15)2-5(6)9/h5-6H,2-3H2,1H3,(H2,10,11,13,16)/t5-,6-/m0/s1. The lowest BCUT2D eigenvalue weighted by Crippen LogP contribution is -2.42. The maximum atomic E-state index is 11.4. The molecule has 0 aliphatic carbocycles.